The van der Waals surface area contributed by atoms with Gasteiger partial charge in [-0.2, -0.15) is 10.2 Å². The van der Waals surface area contributed by atoms with Crippen molar-refractivity contribution in [1.29, 1.82) is 5.26 Å². The van der Waals surface area contributed by atoms with Gasteiger partial charge in [0.15, 0.2) is 0 Å². The van der Waals surface area contributed by atoms with E-state index in [9.17, 15) is 0 Å². The normalized spacial score (nSPS) is 14.9. The molecule has 1 unspecified atom stereocenters. The first-order valence-electron chi connectivity index (χ1n) is 8.74. The number of halogens is 1. The first-order chi connectivity index (χ1) is 14.1. The molecule has 8 heteroatoms. The molecule has 4 rings (SSSR count). The predicted molar refractivity (Wildman–Crippen MR) is 109 cm³/mol. The summed E-state index contributed by atoms with van der Waals surface area (Å²) in [6.07, 6.45) is 2.61. The van der Waals surface area contributed by atoms with Crippen molar-refractivity contribution < 1.29 is 9.47 Å². The fourth-order valence-electron chi connectivity index (χ4n) is 2.75. The molecule has 3 aromatic rings. The second-order valence-electron chi connectivity index (χ2n) is 6.21. The Morgan fingerprint density at radius 2 is 2.03 bits per heavy atom. The van der Waals surface area contributed by atoms with E-state index in [1.165, 1.54) is 6.26 Å². The fourth-order valence-corrected chi connectivity index (χ4v) is 2.95. The fraction of sp³-hybridized carbons (Fsp3) is 0.0952. The molecule has 1 aliphatic rings. The molecule has 0 saturated carbocycles. The number of nitrogens with zero attached hydrogens (tertiary/aromatic N) is 4. The van der Waals surface area contributed by atoms with Gasteiger partial charge in [-0.15, -0.1) is 0 Å². The Kier molecular flexibility index (Phi) is 5.18. The first kappa shape index (κ1) is 18.6. The van der Waals surface area contributed by atoms with E-state index in [2.05, 4.69) is 21.4 Å². The number of hydrogen-bond acceptors (Lipinski definition) is 7. The zero-order chi connectivity index (χ0) is 20.2. The number of nitrogens with one attached hydrogen (secondary N) is 1. The third kappa shape index (κ3) is 4.23. The summed E-state index contributed by atoms with van der Waals surface area (Å²) in [5.74, 6) is 1.52. The third-order valence-corrected chi connectivity index (χ3v) is 4.44. The highest BCUT2D eigenvalue weighted by molar-refractivity contribution is 6.30. The second-order valence-corrected chi connectivity index (χ2v) is 6.65. The Hall–Kier alpha value is -3.76. The molecule has 144 valence electrons. The van der Waals surface area contributed by atoms with Crippen LogP contribution in [0.4, 0.5) is 17.5 Å². The number of nitriles is 1. The zero-order valence-corrected chi connectivity index (χ0v) is 16.2. The van der Waals surface area contributed by atoms with E-state index in [1.807, 2.05) is 25.2 Å². The van der Waals surface area contributed by atoms with E-state index in [0.29, 0.717) is 28.2 Å². The molecule has 0 radical (unpaired) electrons. The summed E-state index contributed by atoms with van der Waals surface area (Å²) >= 11 is 6.04. The van der Waals surface area contributed by atoms with Crippen LogP contribution in [0.1, 0.15) is 17.4 Å². The van der Waals surface area contributed by atoms with Gasteiger partial charge < -0.3 is 14.8 Å². The SMILES string of the molecule is CN(C1=COC(c2cccc(Cl)c2)O1)c1ccnc(Nc2cccc(C#N)c2)n1. The summed E-state index contributed by atoms with van der Waals surface area (Å²) in [5.41, 5.74) is 2.10. The molecule has 0 amide bonds. The lowest BCUT2D eigenvalue weighted by Gasteiger charge is -2.20. The van der Waals surface area contributed by atoms with Gasteiger partial charge in [-0.05, 0) is 36.4 Å². The van der Waals surface area contributed by atoms with Crippen LogP contribution in [0.2, 0.25) is 5.02 Å². The van der Waals surface area contributed by atoms with Crippen molar-refractivity contribution >= 4 is 29.1 Å². The zero-order valence-electron chi connectivity index (χ0n) is 15.4. The van der Waals surface area contributed by atoms with E-state index in [-0.39, 0.29) is 0 Å². The monoisotopic (exact) mass is 405 g/mol. The van der Waals surface area contributed by atoms with Crippen LogP contribution in [0.15, 0.2) is 72.9 Å². The van der Waals surface area contributed by atoms with Crippen LogP contribution in [-0.2, 0) is 9.47 Å². The van der Waals surface area contributed by atoms with Gasteiger partial charge >= 0.3 is 0 Å². The summed E-state index contributed by atoms with van der Waals surface area (Å²) in [4.78, 5) is 10.5. The highest BCUT2D eigenvalue weighted by Gasteiger charge is 2.25. The molecule has 29 heavy (non-hydrogen) atoms. The molecule has 1 N–H and O–H groups in total. The molecule has 7 nitrogen and oxygen atoms in total. The Morgan fingerprint density at radius 3 is 2.86 bits per heavy atom. The summed E-state index contributed by atoms with van der Waals surface area (Å²) in [5, 5.41) is 12.7. The summed E-state index contributed by atoms with van der Waals surface area (Å²) < 4.78 is 11.5. The van der Waals surface area contributed by atoms with E-state index in [4.69, 9.17) is 26.3 Å². The van der Waals surface area contributed by atoms with E-state index >= 15 is 0 Å². The molecule has 2 heterocycles. The smallest absolute Gasteiger partial charge is 0.268 e. The topological polar surface area (TPSA) is 83.3 Å². The van der Waals surface area contributed by atoms with Gasteiger partial charge in [-0.25, -0.2) is 4.98 Å². The van der Waals surface area contributed by atoms with E-state index in [0.717, 1.165) is 11.3 Å². The highest BCUT2D eigenvalue weighted by atomic mass is 35.5. The maximum atomic E-state index is 9.03. The van der Waals surface area contributed by atoms with Crippen LogP contribution in [0.3, 0.4) is 0 Å². The number of hydrogen-bond donors (Lipinski definition) is 1. The summed E-state index contributed by atoms with van der Waals surface area (Å²) in [7, 11) is 1.82. The van der Waals surface area contributed by atoms with Crippen molar-refractivity contribution in [3.63, 3.8) is 0 Å². The number of rotatable bonds is 5. The van der Waals surface area contributed by atoms with Crippen LogP contribution in [0.25, 0.3) is 0 Å². The number of benzene rings is 2. The lowest BCUT2D eigenvalue weighted by Crippen LogP contribution is -2.19. The predicted octanol–water partition coefficient (Wildman–Crippen LogP) is 4.73. The largest absolute Gasteiger partial charge is 0.453 e. The van der Waals surface area contributed by atoms with Crippen molar-refractivity contribution in [3.8, 4) is 6.07 Å². The quantitative estimate of drug-likeness (QED) is 0.657. The molecular formula is C21H16ClN5O2. The Labute approximate surface area is 172 Å². The van der Waals surface area contributed by atoms with Crippen molar-refractivity contribution in [1.82, 2.24) is 9.97 Å². The summed E-state index contributed by atoms with van der Waals surface area (Å²) in [6, 6.07) is 18.3. The highest BCUT2D eigenvalue weighted by Crippen LogP contribution is 2.32. The standard InChI is InChI=1S/C21H16ClN5O2/c1-27(19-13-28-20(29-19)15-5-3-6-16(22)11-15)18-8-9-24-21(26-18)25-17-7-2-4-14(10-17)12-23/h2-11,13,20H,1H3,(H,24,25,26). The van der Waals surface area contributed by atoms with Gasteiger partial charge in [0.05, 0.1) is 11.6 Å². The molecular weight excluding hydrogens is 390 g/mol. The van der Waals surface area contributed by atoms with Crippen LogP contribution >= 0.6 is 11.6 Å². The molecule has 0 fully saturated rings. The van der Waals surface area contributed by atoms with Gasteiger partial charge in [0.25, 0.3) is 6.29 Å². The Balaban J connectivity index is 1.47. The average Bonchev–Trinajstić information content (AvgIpc) is 3.24. The number of anilines is 3. The first-order valence-corrected chi connectivity index (χ1v) is 9.12. The molecule has 1 atom stereocenters. The minimum Gasteiger partial charge on any atom is -0.453 e. The van der Waals surface area contributed by atoms with E-state index in [1.54, 1.807) is 47.5 Å². The summed E-state index contributed by atoms with van der Waals surface area (Å²) in [6.45, 7) is 0. The molecule has 0 saturated heterocycles. The number of ether oxygens (including phenoxy) is 2. The molecule has 0 bridgehead atoms. The maximum absolute atomic E-state index is 9.03. The molecule has 1 aromatic heterocycles. The minimum atomic E-state index is -0.570. The number of aromatic nitrogens is 2. The molecule has 0 aliphatic carbocycles. The van der Waals surface area contributed by atoms with Crippen molar-refractivity contribution in [2.75, 3.05) is 17.3 Å². The maximum Gasteiger partial charge on any atom is 0.268 e. The van der Waals surface area contributed by atoms with Crippen LogP contribution in [0, 0.1) is 11.3 Å². The van der Waals surface area contributed by atoms with Gasteiger partial charge in [0.2, 0.25) is 11.8 Å². The van der Waals surface area contributed by atoms with Gasteiger partial charge in [0.1, 0.15) is 12.1 Å². The molecule has 2 aromatic carbocycles. The van der Waals surface area contributed by atoms with Crippen LogP contribution < -0.4 is 10.2 Å². The lowest BCUT2D eigenvalue weighted by molar-refractivity contribution is -0.0346. The Morgan fingerprint density at radius 1 is 1.17 bits per heavy atom. The van der Waals surface area contributed by atoms with Crippen LogP contribution in [-0.4, -0.2) is 17.0 Å². The lowest BCUT2D eigenvalue weighted by atomic mass is 10.2. The van der Waals surface area contributed by atoms with E-state index < -0.39 is 6.29 Å². The minimum absolute atomic E-state index is 0.398. The second kappa shape index (κ2) is 8.09. The van der Waals surface area contributed by atoms with Gasteiger partial charge in [0, 0.05) is 29.5 Å². The van der Waals surface area contributed by atoms with Crippen molar-refractivity contribution in [2.24, 2.45) is 0 Å². The van der Waals surface area contributed by atoms with Gasteiger partial charge in [-0.3, -0.25) is 4.90 Å². The Bertz CT molecular complexity index is 1110. The molecule has 1 aliphatic heterocycles. The van der Waals surface area contributed by atoms with Gasteiger partial charge in [-0.1, -0.05) is 29.8 Å². The molecule has 0 spiro atoms. The van der Waals surface area contributed by atoms with Crippen LogP contribution in [0.5, 0.6) is 0 Å². The third-order valence-electron chi connectivity index (χ3n) is 4.20. The average molecular weight is 406 g/mol. The van der Waals surface area contributed by atoms with Crippen molar-refractivity contribution in [3.05, 3.63) is 89.1 Å². The van der Waals surface area contributed by atoms with Crippen molar-refractivity contribution in [2.45, 2.75) is 6.29 Å².